The van der Waals surface area contributed by atoms with Gasteiger partial charge in [-0.3, -0.25) is 19.4 Å². The zero-order chi connectivity index (χ0) is 23.5. The van der Waals surface area contributed by atoms with E-state index in [4.69, 9.17) is 21.1 Å². The Morgan fingerprint density at radius 1 is 1.09 bits per heavy atom. The molecule has 1 aliphatic rings. The van der Waals surface area contributed by atoms with Gasteiger partial charge in [-0.15, -0.1) is 0 Å². The molecule has 4 rings (SSSR count). The molecule has 0 bridgehead atoms. The maximum atomic E-state index is 13.1. The smallest absolute Gasteiger partial charge is 0.258 e. The van der Waals surface area contributed by atoms with Gasteiger partial charge in [0, 0.05) is 11.4 Å². The van der Waals surface area contributed by atoms with Crippen LogP contribution in [-0.2, 0) is 9.59 Å². The number of nitrogens with zero attached hydrogens (tertiary/aromatic N) is 1. The molecule has 0 aliphatic carbocycles. The van der Waals surface area contributed by atoms with Crippen LogP contribution in [0.1, 0.15) is 17.9 Å². The summed E-state index contributed by atoms with van der Waals surface area (Å²) in [5.41, 5.74) is 0.378. The summed E-state index contributed by atoms with van der Waals surface area (Å²) in [6.07, 6.45) is -0.217. The van der Waals surface area contributed by atoms with Gasteiger partial charge in [-0.2, -0.15) is 4.98 Å². The fourth-order valence-corrected chi connectivity index (χ4v) is 3.70. The van der Waals surface area contributed by atoms with Gasteiger partial charge in [0.25, 0.3) is 5.56 Å². The number of methoxy groups -OCH3 is 2. The van der Waals surface area contributed by atoms with Crippen LogP contribution in [0.4, 0.5) is 23.1 Å². The number of H-pyrrole nitrogens is 1. The number of carbonyl (C=O) groups excluding carboxylic acids is 2. The van der Waals surface area contributed by atoms with Crippen molar-refractivity contribution in [3.05, 3.63) is 63.4 Å². The van der Waals surface area contributed by atoms with E-state index in [0.29, 0.717) is 27.9 Å². The fraction of sp³-hybridized carbons (Fsp3) is 0.182. The van der Waals surface area contributed by atoms with Crippen LogP contribution in [0.25, 0.3) is 0 Å². The Morgan fingerprint density at radius 3 is 2.58 bits per heavy atom. The third-order valence-corrected chi connectivity index (χ3v) is 5.28. The molecule has 2 heterocycles. The van der Waals surface area contributed by atoms with E-state index in [2.05, 4.69) is 25.9 Å². The molecule has 0 radical (unpaired) electrons. The Bertz CT molecular complexity index is 1290. The molecule has 0 fully saturated rings. The SMILES string of the molecule is COc1ccc(Cl)cc1NC(=O)[C@H]1CC(=O)Nc2nc(Nc3ccccc3OC)[nH]c(=O)c21. The molecule has 0 unspecified atom stereocenters. The second-order valence-corrected chi connectivity index (χ2v) is 7.58. The Labute approximate surface area is 193 Å². The molecule has 1 aliphatic heterocycles. The first-order valence-corrected chi connectivity index (χ1v) is 10.3. The van der Waals surface area contributed by atoms with Crippen LogP contribution >= 0.6 is 11.6 Å². The lowest BCUT2D eigenvalue weighted by molar-refractivity contribution is -0.123. The summed E-state index contributed by atoms with van der Waals surface area (Å²) in [7, 11) is 2.97. The van der Waals surface area contributed by atoms with E-state index in [9.17, 15) is 14.4 Å². The van der Waals surface area contributed by atoms with E-state index in [1.54, 1.807) is 36.4 Å². The average molecular weight is 470 g/mol. The summed E-state index contributed by atoms with van der Waals surface area (Å²) in [6, 6.07) is 11.8. The van der Waals surface area contributed by atoms with Crippen LogP contribution in [-0.4, -0.2) is 36.0 Å². The lowest BCUT2D eigenvalue weighted by Gasteiger charge is -2.24. The Hall–Kier alpha value is -4.05. The number of para-hydroxylation sites is 2. The minimum atomic E-state index is -1.06. The van der Waals surface area contributed by atoms with Gasteiger partial charge in [-0.25, -0.2) is 0 Å². The number of benzene rings is 2. The number of halogens is 1. The number of aromatic nitrogens is 2. The van der Waals surface area contributed by atoms with Crippen molar-refractivity contribution in [3.63, 3.8) is 0 Å². The number of anilines is 4. The molecule has 170 valence electrons. The van der Waals surface area contributed by atoms with Gasteiger partial charge in [0.05, 0.1) is 37.1 Å². The van der Waals surface area contributed by atoms with Crippen LogP contribution in [0.2, 0.25) is 5.02 Å². The molecule has 2 amide bonds. The molecule has 33 heavy (non-hydrogen) atoms. The molecule has 3 aromatic rings. The molecule has 0 spiro atoms. The van der Waals surface area contributed by atoms with Gasteiger partial charge >= 0.3 is 0 Å². The van der Waals surface area contributed by atoms with Gasteiger partial charge in [0.2, 0.25) is 17.8 Å². The van der Waals surface area contributed by atoms with Crippen molar-refractivity contribution in [1.82, 2.24) is 9.97 Å². The summed E-state index contributed by atoms with van der Waals surface area (Å²) in [4.78, 5) is 45.2. The van der Waals surface area contributed by atoms with E-state index < -0.39 is 23.3 Å². The Kier molecular flexibility index (Phi) is 6.18. The normalized spacial score (nSPS) is 14.6. The Morgan fingerprint density at radius 2 is 1.82 bits per heavy atom. The van der Waals surface area contributed by atoms with E-state index in [-0.39, 0.29) is 23.8 Å². The highest BCUT2D eigenvalue weighted by molar-refractivity contribution is 6.31. The first-order valence-electron chi connectivity index (χ1n) is 9.88. The van der Waals surface area contributed by atoms with Crippen molar-refractivity contribution < 1.29 is 19.1 Å². The van der Waals surface area contributed by atoms with Crippen molar-refractivity contribution in [3.8, 4) is 11.5 Å². The van der Waals surface area contributed by atoms with E-state index >= 15 is 0 Å². The van der Waals surface area contributed by atoms with Gasteiger partial charge in [-0.1, -0.05) is 23.7 Å². The highest BCUT2D eigenvalue weighted by Gasteiger charge is 2.35. The highest BCUT2D eigenvalue weighted by atomic mass is 35.5. The molecule has 0 saturated heterocycles. The number of nitrogens with one attached hydrogen (secondary N) is 4. The van der Waals surface area contributed by atoms with Crippen LogP contribution in [0.5, 0.6) is 11.5 Å². The molecule has 4 N–H and O–H groups in total. The standard InChI is InChI=1S/C22H20ClN5O5/c1-32-15-6-4-3-5-13(15)25-22-27-19-18(21(31)28-22)12(10-17(29)26-19)20(30)24-14-9-11(23)7-8-16(14)33-2/h3-9,12H,10H2,1-2H3,(H,24,30)(H3,25,26,27,28,29,31)/t12-/m0/s1. The maximum absolute atomic E-state index is 13.1. The second-order valence-electron chi connectivity index (χ2n) is 7.14. The van der Waals surface area contributed by atoms with Crippen molar-refractivity contribution >= 4 is 46.6 Å². The third kappa shape index (κ3) is 4.60. The topological polar surface area (TPSA) is 134 Å². The largest absolute Gasteiger partial charge is 0.495 e. The van der Waals surface area contributed by atoms with Crippen LogP contribution in [0.15, 0.2) is 47.3 Å². The zero-order valence-corrected chi connectivity index (χ0v) is 18.4. The number of fused-ring (bicyclic) bond motifs is 1. The summed E-state index contributed by atoms with van der Waals surface area (Å²) in [5.74, 6) is -1.06. The quantitative estimate of drug-likeness (QED) is 0.435. The Balaban J connectivity index is 1.66. The van der Waals surface area contributed by atoms with Crippen molar-refractivity contribution in [1.29, 1.82) is 0 Å². The molecule has 1 aromatic heterocycles. The second kappa shape index (κ2) is 9.21. The third-order valence-electron chi connectivity index (χ3n) is 5.05. The number of hydrogen-bond acceptors (Lipinski definition) is 7. The summed E-state index contributed by atoms with van der Waals surface area (Å²) >= 11 is 6.03. The maximum Gasteiger partial charge on any atom is 0.258 e. The summed E-state index contributed by atoms with van der Waals surface area (Å²) < 4.78 is 10.5. The number of carbonyl (C=O) groups is 2. The molecule has 10 nitrogen and oxygen atoms in total. The van der Waals surface area contributed by atoms with Crippen molar-refractivity contribution in [2.45, 2.75) is 12.3 Å². The summed E-state index contributed by atoms with van der Waals surface area (Å²) in [5, 5.41) is 8.61. The fourth-order valence-electron chi connectivity index (χ4n) is 3.53. The molecule has 1 atom stereocenters. The van der Waals surface area contributed by atoms with Gasteiger partial charge in [0.15, 0.2) is 0 Å². The van der Waals surface area contributed by atoms with Gasteiger partial charge in [-0.05, 0) is 30.3 Å². The van der Waals surface area contributed by atoms with Gasteiger partial charge < -0.3 is 25.4 Å². The molecule has 0 saturated carbocycles. The summed E-state index contributed by atoms with van der Waals surface area (Å²) in [6.45, 7) is 0. The predicted molar refractivity (Wildman–Crippen MR) is 124 cm³/mol. The van der Waals surface area contributed by atoms with Crippen LogP contribution < -0.4 is 31.0 Å². The van der Waals surface area contributed by atoms with E-state index in [1.807, 2.05) is 0 Å². The molecule has 11 heteroatoms. The monoisotopic (exact) mass is 469 g/mol. The van der Waals surface area contributed by atoms with Crippen molar-refractivity contribution in [2.24, 2.45) is 0 Å². The van der Waals surface area contributed by atoms with Crippen LogP contribution in [0, 0.1) is 0 Å². The van der Waals surface area contributed by atoms with E-state index in [1.165, 1.54) is 20.3 Å². The molecular weight excluding hydrogens is 450 g/mol. The van der Waals surface area contributed by atoms with E-state index in [0.717, 1.165) is 0 Å². The number of amides is 2. The van der Waals surface area contributed by atoms with Crippen LogP contribution in [0.3, 0.4) is 0 Å². The highest BCUT2D eigenvalue weighted by Crippen LogP contribution is 2.33. The minimum Gasteiger partial charge on any atom is -0.495 e. The average Bonchev–Trinajstić information content (AvgIpc) is 2.78. The number of hydrogen-bond donors (Lipinski definition) is 4. The lowest BCUT2D eigenvalue weighted by atomic mass is 9.92. The number of ether oxygens (including phenoxy) is 2. The molecular formula is C22H20ClN5O5. The predicted octanol–water partition coefficient (Wildman–Crippen LogP) is 3.25. The first-order chi connectivity index (χ1) is 15.9. The van der Waals surface area contributed by atoms with Gasteiger partial charge in [0.1, 0.15) is 17.3 Å². The molecule has 2 aromatic carbocycles. The first kappa shape index (κ1) is 22.2. The zero-order valence-electron chi connectivity index (χ0n) is 17.7. The number of rotatable bonds is 6. The minimum absolute atomic E-state index is 0.00519. The van der Waals surface area contributed by atoms with Crippen molar-refractivity contribution in [2.75, 3.05) is 30.2 Å². The number of aromatic amines is 1. The lowest BCUT2D eigenvalue weighted by Crippen LogP contribution is -2.36.